The van der Waals surface area contributed by atoms with Gasteiger partial charge in [0.15, 0.2) is 0 Å². The highest BCUT2D eigenvalue weighted by Crippen LogP contribution is 2.39. The first kappa shape index (κ1) is 70.7. The molecule has 0 amide bonds. The molecular formula is C66H122N16O4. The predicted molar refractivity (Wildman–Crippen MR) is 354 cm³/mol. The monoisotopic (exact) mass is 1200 g/mol. The van der Waals surface area contributed by atoms with Crippen molar-refractivity contribution < 1.29 is 19.1 Å². The zero-order valence-electron chi connectivity index (χ0n) is 58.0. The number of aromatic nitrogens is 6. The van der Waals surface area contributed by atoms with Crippen LogP contribution < -0.4 is 51.5 Å². The second kappa shape index (κ2) is 29.0. The number of hydrogen-bond donors (Lipinski definition) is 6. The van der Waals surface area contributed by atoms with Crippen LogP contribution in [0.3, 0.4) is 0 Å². The third kappa shape index (κ3) is 21.4. The minimum atomic E-state index is -0.534. The zero-order valence-corrected chi connectivity index (χ0v) is 58.0. The van der Waals surface area contributed by atoms with E-state index in [1.54, 1.807) is 0 Å². The number of piperidine rings is 4. The smallest absolute Gasteiger partial charge is 0.325 e. The summed E-state index contributed by atoms with van der Waals surface area (Å²) in [5.41, 5.74) is -0.737. The zero-order chi connectivity index (χ0) is 63.7. The summed E-state index contributed by atoms with van der Waals surface area (Å²) in [4.78, 5) is 68.3. The number of nitrogens with one attached hydrogen (secondary N) is 6. The number of nitrogens with zero attached hydrogens (tertiary/aromatic N) is 10. The Morgan fingerprint density at radius 1 is 0.430 bits per heavy atom. The topological polar surface area (TPSA) is 215 Å². The Morgan fingerprint density at radius 2 is 0.674 bits per heavy atom. The van der Waals surface area contributed by atoms with E-state index >= 15 is 0 Å². The molecule has 20 heteroatoms. The van der Waals surface area contributed by atoms with Gasteiger partial charge in [-0.1, -0.05) is 53.4 Å². The van der Waals surface area contributed by atoms with E-state index in [-0.39, 0.29) is 88.2 Å². The fourth-order valence-electron chi connectivity index (χ4n) is 15.4. The fourth-order valence-corrected chi connectivity index (χ4v) is 15.4. The average molecular weight is 1200 g/mol. The quantitative estimate of drug-likeness (QED) is 0.0401. The van der Waals surface area contributed by atoms with E-state index in [4.69, 9.17) is 39.4 Å². The summed E-state index contributed by atoms with van der Waals surface area (Å²) in [6.45, 7) is 50.2. The van der Waals surface area contributed by atoms with Gasteiger partial charge in [0.1, 0.15) is 19.2 Å². The maximum atomic E-state index is 13.7. The Labute approximate surface area is 521 Å². The van der Waals surface area contributed by atoms with Crippen LogP contribution in [0.25, 0.3) is 0 Å². The van der Waals surface area contributed by atoms with E-state index < -0.39 is 18.0 Å². The second-order valence-electron chi connectivity index (χ2n) is 31.5. The van der Waals surface area contributed by atoms with Gasteiger partial charge in [0.05, 0.1) is 6.61 Å². The molecule has 1 atom stereocenters. The average Bonchev–Trinajstić information content (AvgIpc) is 1.05. The molecule has 0 saturated carbocycles. The van der Waals surface area contributed by atoms with Crippen molar-refractivity contribution in [1.29, 1.82) is 0 Å². The van der Waals surface area contributed by atoms with Crippen LogP contribution in [0.15, 0.2) is 0 Å². The van der Waals surface area contributed by atoms with Crippen molar-refractivity contribution in [2.45, 2.75) is 329 Å². The Bertz CT molecular complexity index is 2300. The molecule has 0 radical (unpaired) electrons. The van der Waals surface area contributed by atoms with E-state index in [1.165, 1.54) is 0 Å². The number of ether oxygens (including phenoxy) is 2. The third-order valence-corrected chi connectivity index (χ3v) is 17.6. The van der Waals surface area contributed by atoms with E-state index in [2.05, 4.69) is 190 Å². The van der Waals surface area contributed by atoms with Gasteiger partial charge in [0.25, 0.3) is 0 Å². The highest BCUT2D eigenvalue weighted by molar-refractivity contribution is 5.75. The first-order chi connectivity index (χ1) is 39.9. The van der Waals surface area contributed by atoms with Crippen molar-refractivity contribution in [3.8, 4) is 0 Å². The number of unbranched alkanes of at least 4 members (excludes halogenated alkanes) is 4. The van der Waals surface area contributed by atoms with Gasteiger partial charge < -0.3 is 61.0 Å². The summed E-state index contributed by atoms with van der Waals surface area (Å²) in [6.07, 6.45) is 15.3. The molecular weight excluding hydrogens is 1080 g/mol. The van der Waals surface area contributed by atoms with E-state index in [0.29, 0.717) is 42.1 Å². The lowest BCUT2D eigenvalue weighted by molar-refractivity contribution is -0.148. The van der Waals surface area contributed by atoms with Crippen molar-refractivity contribution in [2.24, 2.45) is 0 Å². The van der Waals surface area contributed by atoms with Gasteiger partial charge in [-0.25, -0.2) is 0 Å². The number of carbonyl (C=O) groups is 2. The van der Waals surface area contributed by atoms with Crippen LogP contribution in [0.4, 0.5) is 35.7 Å². The second-order valence-corrected chi connectivity index (χ2v) is 31.5. The summed E-state index contributed by atoms with van der Waals surface area (Å²) >= 11 is 0. The normalized spacial score (nSPS) is 21.9. The molecule has 6 N–H and O–H groups in total. The van der Waals surface area contributed by atoms with Crippen molar-refractivity contribution >= 4 is 47.6 Å². The van der Waals surface area contributed by atoms with Crippen LogP contribution in [0.2, 0.25) is 0 Å². The Morgan fingerprint density at radius 3 is 0.919 bits per heavy atom. The lowest BCUT2D eigenvalue weighted by Gasteiger charge is -2.50. The van der Waals surface area contributed by atoms with Crippen molar-refractivity contribution in [3.05, 3.63) is 0 Å². The van der Waals surface area contributed by atoms with Gasteiger partial charge in [0, 0.05) is 101 Å². The molecule has 4 aliphatic heterocycles. The molecule has 2 aromatic rings. The van der Waals surface area contributed by atoms with Gasteiger partial charge in [-0.15, -0.1) is 0 Å². The summed E-state index contributed by atoms with van der Waals surface area (Å²) < 4.78 is 11.8. The lowest BCUT2D eigenvalue weighted by Crippen LogP contribution is -2.63. The maximum Gasteiger partial charge on any atom is 0.325 e. The van der Waals surface area contributed by atoms with Gasteiger partial charge >= 0.3 is 11.9 Å². The van der Waals surface area contributed by atoms with Crippen molar-refractivity contribution in [2.75, 3.05) is 76.1 Å². The molecule has 4 saturated heterocycles. The predicted octanol–water partition coefficient (Wildman–Crippen LogP) is 11.1. The summed E-state index contributed by atoms with van der Waals surface area (Å²) in [7, 11) is 0. The highest BCUT2D eigenvalue weighted by atomic mass is 16.6. The van der Waals surface area contributed by atoms with Crippen LogP contribution in [-0.2, 0) is 19.1 Å². The highest BCUT2D eigenvalue weighted by Gasteiger charge is 2.45. The van der Waals surface area contributed by atoms with Crippen molar-refractivity contribution in [1.82, 2.24) is 51.2 Å². The first-order valence-corrected chi connectivity index (χ1v) is 33.5. The number of carbonyl (C=O) groups excluding carboxylic acids is 2. The fraction of sp³-hybridized carbons (Fsp3) is 0.879. The molecule has 0 spiro atoms. The molecule has 490 valence electrons. The molecule has 86 heavy (non-hydrogen) atoms. The minimum Gasteiger partial charge on any atom is -0.464 e. The molecule has 1 unspecified atom stereocenters. The maximum absolute atomic E-state index is 13.7. The lowest BCUT2D eigenvalue weighted by atomic mass is 9.79. The van der Waals surface area contributed by atoms with Gasteiger partial charge in [0.2, 0.25) is 35.7 Å². The number of hydrogen-bond acceptors (Lipinski definition) is 20. The summed E-state index contributed by atoms with van der Waals surface area (Å²) in [5, 5.41) is 22.0. The molecule has 0 bridgehead atoms. The third-order valence-electron chi connectivity index (χ3n) is 17.6. The number of rotatable bonds is 30. The summed E-state index contributed by atoms with van der Waals surface area (Å²) in [5.74, 6) is 2.30. The van der Waals surface area contributed by atoms with Crippen LogP contribution in [-0.4, -0.2) is 162 Å². The molecule has 0 aromatic carbocycles. The Balaban J connectivity index is 1.18. The van der Waals surface area contributed by atoms with Gasteiger partial charge in [-0.05, 0) is 195 Å². The van der Waals surface area contributed by atoms with Crippen LogP contribution in [0.1, 0.15) is 255 Å². The molecule has 6 rings (SSSR count). The van der Waals surface area contributed by atoms with Crippen LogP contribution in [0.5, 0.6) is 0 Å². The number of anilines is 6. The standard InChI is InChI=1S/C66H122N16O4/c1-22-26-31-79(47-36-59(6,7)75-60(8,9)37-47)55-69-53(70-56(73-55)80(32-27-23-2)48-38-61(10,11)76-62(12,13)39-48)67-44-51(83)85-35-30-46(5)86-52(84)45-68-54-71-57(81(33-28-24-3)49-40-63(14,15)77-64(16,17)41-49)74-58(72-54)82(34-29-25-4)50-42-65(18,19)78-66(20,21)43-50/h46-50,75-78H,22-45H2,1-21H3,(H,67,69,70,73)(H,68,71,72,74). The van der Waals surface area contributed by atoms with Crippen molar-refractivity contribution in [3.63, 3.8) is 0 Å². The Hall–Kier alpha value is -4.40. The Kier molecular flexibility index (Phi) is 23.9. The number of esters is 2. The van der Waals surface area contributed by atoms with Crippen LogP contribution >= 0.6 is 0 Å². The minimum absolute atomic E-state index is 0.0597. The van der Waals surface area contributed by atoms with Gasteiger partial charge in [-0.2, -0.15) is 29.9 Å². The van der Waals surface area contributed by atoms with Gasteiger partial charge in [-0.3, -0.25) is 9.59 Å². The molecule has 4 fully saturated rings. The largest absolute Gasteiger partial charge is 0.464 e. The summed E-state index contributed by atoms with van der Waals surface area (Å²) in [6, 6.07) is 0.742. The molecule has 0 aliphatic carbocycles. The molecule has 6 heterocycles. The molecule has 4 aliphatic rings. The van der Waals surface area contributed by atoms with E-state index in [1.807, 2.05) is 6.92 Å². The first-order valence-electron chi connectivity index (χ1n) is 33.5. The SMILES string of the molecule is CCCCN(c1nc(NCC(=O)OCCC(C)OC(=O)CNc2nc(N(CCCC)C3CC(C)(C)NC(C)(C)C3)nc(N(CCCC)C3CC(C)(C)NC(C)(C)C3)n2)nc(N(CCCC)C2CC(C)(C)NC(C)(C)C2)n1)C1CC(C)(C)NC(C)(C)C1. The van der Waals surface area contributed by atoms with Crippen LogP contribution in [0, 0.1) is 0 Å². The van der Waals surface area contributed by atoms with E-state index in [0.717, 1.165) is 129 Å². The van der Waals surface area contributed by atoms with E-state index in [9.17, 15) is 9.59 Å². The molecule has 20 nitrogen and oxygen atoms in total. The molecule has 2 aromatic heterocycles.